The Hall–Kier alpha value is -2.14. The Balaban J connectivity index is 2.24. The van der Waals surface area contributed by atoms with Crippen molar-refractivity contribution in [1.82, 2.24) is 0 Å². The third-order valence-electron chi connectivity index (χ3n) is 3.76. The van der Waals surface area contributed by atoms with E-state index < -0.39 is 11.9 Å². The van der Waals surface area contributed by atoms with Crippen molar-refractivity contribution in [3.63, 3.8) is 0 Å². The van der Waals surface area contributed by atoms with Crippen molar-refractivity contribution in [3.05, 3.63) is 34.9 Å². The summed E-state index contributed by atoms with van der Waals surface area (Å²) in [6, 6.07) is 3.54. The van der Waals surface area contributed by atoms with Crippen LogP contribution < -0.4 is 4.74 Å². The highest BCUT2D eigenvalue weighted by Gasteiger charge is 2.45. The lowest BCUT2D eigenvalue weighted by molar-refractivity contribution is -0.111. The number of unbranched alkanes of at least 4 members (excludes halogenated alkanes) is 2. The van der Waals surface area contributed by atoms with E-state index in [1.807, 2.05) is 0 Å². The number of hydrogen-bond acceptors (Lipinski definition) is 2. The number of hydrogen-bond donors (Lipinski definition) is 0. The van der Waals surface area contributed by atoms with E-state index in [1.54, 1.807) is 0 Å². The largest absolute Gasteiger partial charge is 0.495 e. The molecule has 7 heteroatoms. The van der Waals surface area contributed by atoms with Crippen molar-refractivity contribution < 1.29 is 27.5 Å². The van der Waals surface area contributed by atoms with Crippen molar-refractivity contribution in [2.24, 2.45) is 0 Å². The van der Waals surface area contributed by atoms with E-state index in [0.29, 0.717) is 0 Å². The molecule has 1 aromatic carbocycles. The molecule has 1 aromatic rings. The van der Waals surface area contributed by atoms with Crippen molar-refractivity contribution in [2.75, 3.05) is 0 Å². The first-order valence-corrected chi connectivity index (χ1v) is 7.50. The van der Waals surface area contributed by atoms with Gasteiger partial charge in [-0.2, -0.15) is 18.0 Å². The van der Waals surface area contributed by atoms with Crippen LogP contribution in [-0.4, -0.2) is 28.6 Å². The lowest BCUT2D eigenvalue weighted by Gasteiger charge is -2.25. The monoisotopic (exact) mass is 326 g/mol. The zero-order chi connectivity index (χ0) is 17.0. The molecule has 0 aromatic heterocycles. The molecule has 0 radical (unpaired) electrons. The zero-order valence-electron chi connectivity index (χ0n) is 12.7. The van der Waals surface area contributed by atoms with Crippen molar-refractivity contribution >= 4 is 11.5 Å². The van der Waals surface area contributed by atoms with Crippen LogP contribution in [-0.2, 0) is 0 Å². The average Bonchev–Trinajstić information content (AvgIpc) is 2.47. The minimum atomic E-state index is -4.80. The molecule has 1 atom stereocenters. The molecule has 1 aliphatic rings. The van der Waals surface area contributed by atoms with Crippen LogP contribution in [0.2, 0.25) is 0 Å². The maximum absolute atomic E-state index is 12.8. The van der Waals surface area contributed by atoms with Crippen LogP contribution in [0.1, 0.15) is 54.9 Å². The van der Waals surface area contributed by atoms with E-state index in [1.165, 1.54) is 6.07 Å². The number of ether oxygens (including phenoxy) is 1. The normalized spacial score (nSPS) is 17.2. The number of rotatable bonds is 5. The van der Waals surface area contributed by atoms with Crippen molar-refractivity contribution in [3.8, 4) is 5.75 Å². The van der Waals surface area contributed by atoms with Crippen LogP contribution in [0.3, 0.4) is 0 Å². The average molecular weight is 326 g/mol. The molecule has 1 heterocycles. The maximum atomic E-state index is 12.8. The second-order valence-corrected chi connectivity index (χ2v) is 5.52. The number of ketones is 1. The molecule has 0 spiro atoms. The molecule has 0 N–H and O–H groups in total. The fraction of sp³-hybridized carbons (Fsp3) is 0.500. The third kappa shape index (κ3) is 3.99. The van der Waals surface area contributed by atoms with Gasteiger partial charge >= 0.3 is 11.9 Å². The van der Waals surface area contributed by atoms with Crippen LogP contribution in [0.4, 0.5) is 13.2 Å². The van der Waals surface area contributed by atoms with Gasteiger partial charge in [0.15, 0.2) is 5.78 Å². The van der Waals surface area contributed by atoms with Crippen molar-refractivity contribution in [1.29, 1.82) is 0 Å². The summed E-state index contributed by atoms with van der Waals surface area (Å²) in [7, 11) is 0. The van der Waals surface area contributed by atoms with Crippen molar-refractivity contribution in [2.45, 2.75) is 51.3 Å². The fourth-order valence-electron chi connectivity index (χ4n) is 2.60. The van der Waals surface area contributed by atoms with Gasteiger partial charge in [0.25, 0.3) is 0 Å². The van der Waals surface area contributed by atoms with E-state index in [2.05, 4.69) is 11.7 Å². The number of fused-ring (bicyclic) bond motifs is 1. The van der Waals surface area contributed by atoms with Gasteiger partial charge in [-0.25, -0.2) is 0 Å². The Kier molecular flexibility index (Phi) is 5.21. The van der Waals surface area contributed by atoms with Crippen LogP contribution in [0.5, 0.6) is 5.75 Å². The number of carbonyl (C=O) groups is 1. The Morgan fingerprint density at radius 1 is 1.39 bits per heavy atom. The smallest absolute Gasteiger partial charge is 0.489 e. The number of carbonyl (C=O) groups excluding carboxylic acids is 1. The lowest BCUT2D eigenvalue weighted by atomic mass is 9.95. The van der Waals surface area contributed by atoms with E-state index in [9.17, 15) is 18.0 Å². The van der Waals surface area contributed by atoms with Gasteiger partial charge in [0.1, 0.15) is 11.9 Å². The summed E-state index contributed by atoms with van der Waals surface area (Å²) in [5, 5.41) is 0. The number of halogens is 3. The Labute approximate surface area is 131 Å². The first kappa shape index (κ1) is 17.2. The fourth-order valence-corrected chi connectivity index (χ4v) is 2.60. The maximum Gasteiger partial charge on any atom is 0.495 e. The predicted octanol–water partition coefficient (Wildman–Crippen LogP) is 4.18. The second kappa shape index (κ2) is 6.96. The summed E-state index contributed by atoms with van der Waals surface area (Å²) < 4.78 is 44.0. The minimum Gasteiger partial charge on any atom is -0.489 e. The Morgan fingerprint density at radius 3 is 2.74 bits per heavy atom. The number of alkyl halides is 3. The minimum absolute atomic E-state index is 0.0969. The molecule has 4 nitrogen and oxygen atoms in total. The van der Waals surface area contributed by atoms with Gasteiger partial charge in [-0.3, -0.25) is 4.79 Å². The zero-order valence-corrected chi connectivity index (χ0v) is 12.7. The van der Waals surface area contributed by atoms with Gasteiger partial charge in [-0.15, -0.1) is 0 Å². The standard InChI is InChI=1S/C16H17F3N2O2/c1-2-3-4-5-11-9-13(22)12-8-10(6-7-14(12)23-11)15(21-20)16(17,18)19/h6-8,11H,2-5,9H2,1H3. The first-order chi connectivity index (χ1) is 10.9. The lowest BCUT2D eigenvalue weighted by Crippen LogP contribution is -2.29. The summed E-state index contributed by atoms with van der Waals surface area (Å²) in [5.74, 6) is 0.0278. The molecule has 1 aliphatic heterocycles. The van der Waals surface area contributed by atoms with E-state index in [-0.39, 0.29) is 35.2 Å². The molecular weight excluding hydrogens is 309 g/mol. The molecular formula is C16H17F3N2O2. The molecule has 0 saturated carbocycles. The van der Waals surface area contributed by atoms with E-state index in [4.69, 9.17) is 10.3 Å². The molecule has 0 bridgehead atoms. The summed E-state index contributed by atoms with van der Waals surface area (Å²) in [6.45, 7) is 2.07. The summed E-state index contributed by atoms with van der Waals surface area (Å²) in [6.07, 6.45) is -1.10. The highest BCUT2D eigenvalue weighted by atomic mass is 19.4. The number of benzene rings is 1. The van der Waals surface area contributed by atoms with Gasteiger partial charge < -0.3 is 10.3 Å². The van der Waals surface area contributed by atoms with Gasteiger partial charge in [-0.1, -0.05) is 19.8 Å². The second-order valence-electron chi connectivity index (χ2n) is 5.52. The summed E-state index contributed by atoms with van der Waals surface area (Å²) in [4.78, 5) is 14.5. The van der Waals surface area contributed by atoms with E-state index >= 15 is 0 Å². The summed E-state index contributed by atoms with van der Waals surface area (Å²) in [5.41, 5.74) is 6.90. The first-order valence-electron chi connectivity index (χ1n) is 7.50. The molecule has 124 valence electrons. The topological polar surface area (TPSA) is 62.7 Å². The Bertz CT molecular complexity index is 649. The number of nitrogens with zero attached hydrogens (tertiary/aromatic N) is 2. The van der Waals surface area contributed by atoms with Gasteiger partial charge in [0.05, 0.1) is 11.1 Å². The van der Waals surface area contributed by atoms with Gasteiger partial charge in [-0.05, 0) is 31.0 Å². The third-order valence-corrected chi connectivity index (χ3v) is 3.76. The molecule has 1 unspecified atom stereocenters. The highest BCUT2D eigenvalue weighted by molar-refractivity contribution is 6.05. The predicted molar refractivity (Wildman–Crippen MR) is 77.7 cm³/mol. The van der Waals surface area contributed by atoms with Crippen LogP contribution in [0.15, 0.2) is 18.2 Å². The molecule has 0 saturated heterocycles. The Morgan fingerprint density at radius 2 is 2.13 bits per heavy atom. The molecule has 0 fully saturated rings. The SMILES string of the molecule is CCCCCC1CC(=O)c2cc(C(=[N+]=[N-])C(F)(F)F)ccc2O1. The van der Waals surface area contributed by atoms with Crippen LogP contribution in [0, 0.1) is 0 Å². The molecule has 23 heavy (non-hydrogen) atoms. The summed E-state index contributed by atoms with van der Waals surface area (Å²) >= 11 is 0. The molecule has 2 rings (SSSR count). The quantitative estimate of drug-likeness (QED) is 0.353. The van der Waals surface area contributed by atoms with Crippen LogP contribution >= 0.6 is 0 Å². The highest BCUT2D eigenvalue weighted by Crippen LogP contribution is 2.32. The molecule has 0 amide bonds. The van der Waals surface area contributed by atoms with E-state index in [0.717, 1.165) is 37.8 Å². The van der Waals surface area contributed by atoms with Crippen LogP contribution in [0.25, 0.3) is 5.53 Å². The van der Waals surface area contributed by atoms with Gasteiger partial charge in [0.2, 0.25) is 0 Å². The molecule has 0 aliphatic carbocycles. The number of Topliss-reactive ketones (excluding diaryl/α,β-unsaturated/α-hetero) is 1. The van der Waals surface area contributed by atoms with Gasteiger partial charge in [0, 0.05) is 6.42 Å².